The average molecular weight is 220 g/mol. The second-order valence-corrected chi connectivity index (χ2v) is 3.66. The number of ether oxygens (including phenoxy) is 1. The second-order valence-electron chi connectivity index (χ2n) is 3.66. The van der Waals surface area contributed by atoms with Crippen molar-refractivity contribution in [1.82, 2.24) is 15.3 Å². The molecule has 1 aromatic heterocycles. The lowest BCUT2D eigenvalue weighted by Crippen LogP contribution is -2.24. The quantitative estimate of drug-likeness (QED) is 0.727. The van der Waals surface area contributed by atoms with Crippen LogP contribution in [0.2, 0.25) is 0 Å². The summed E-state index contributed by atoms with van der Waals surface area (Å²) in [7, 11) is 0. The average Bonchev–Trinajstić information content (AvgIpc) is 2.29. The van der Waals surface area contributed by atoms with Crippen molar-refractivity contribution in [3.05, 3.63) is 18.1 Å². The standard InChI is InChI=1S/C11H16N4O/c1-9(2)13-4-3-5-16-11-8-14-10(6-12)7-15-11/h7-9,13H,3-5H2,1-2H3. The molecule has 0 aliphatic rings. The summed E-state index contributed by atoms with van der Waals surface area (Å²) < 4.78 is 5.36. The number of rotatable bonds is 6. The predicted octanol–water partition coefficient (Wildman–Crippen LogP) is 1.12. The molecule has 0 saturated carbocycles. The second kappa shape index (κ2) is 6.75. The van der Waals surface area contributed by atoms with Crippen molar-refractivity contribution < 1.29 is 4.74 Å². The van der Waals surface area contributed by atoms with Crippen molar-refractivity contribution in [3.8, 4) is 11.9 Å². The Morgan fingerprint density at radius 3 is 2.81 bits per heavy atom. The highest BCUT2D eigenvalue weighted by atomic mass is 16.5. The van der Waals surface area contributed by atoms with Gasteiger partial charge in [0.2, 0.25) is 5.88 Å². The van der Waals surface area contributed by atoms with Crippen LogP contribution in [0, 0.1) is 11.3 Å². The van der Waals surface area contributed by atoms with Gasteiger partial charge in [-0.2, -0.15) is 5.26 Å². The van der Waals surface area contributed by atoms with Gasteiger partial charge < -0.3 is 10.1 Å². The van der Waals surface area contributed by atoms with Crippen LogP contribution in [0.4, 0.5) is 0 Å². The van der Waals surface area contributed by atoms with E-state index in [-0.39, 0.29) is 0 Å². The van der Waals surface area contributed by atoms with Crippen molar-refractivity contribution in [2.45, 2.75) is 26.3 Å². The molecular weight excluding hydrogens is 204 g/mol. The van der Waals surface area contributed by atoms with Crippen LogP contribution in [0.3, 0.4) is 0 Å². The molecule has 0 radical (unpaired) electrons. The van der Waals surface area contributed by atoms with Crippen molar-refractivity contribution in [1.29, 1.82) is 5.26 Å². The summed E-state index contributed by atoms with van der Waals surface area (Å²) in [4.78, 5) is 7.81. The molecule has 0 saturated heterocycles. The van der Waals surface area contributed by atoms with Crippen LogP contribution < -0.4 is 10.1 Å². The smallest absolute Gasteiger partial charge is 0.232 e. The molecule has 1 N–H and O–H groups in total. The third kappa shape index (κ3) is 4.71. The van der Waals surface area contributed by atoms with E-state index < -0.39 is 0 Å². The molecule has 16 heavy (non-hydrogen) atoms. The van der Waals surface area contributed by atoms with E-state index in [9.17, 15) is 0 Å². The molecule has 1 heterocycles. The van der Waals surface area contributed by atoms with Gasteiger partial charge in [-0.15, -0.1) is 0 Å². The zero-order valence-corrected chi connectivity index (χ0v) is 9.60. The van der Waals surface area contributed by atoms with E-state index in [4.69, 9.17) is 10.00 Å². The van der Waals surface area contributed by atoms with Crippen molar-refractivity contribution in [2.75, 3.05) is 13.2 Å². The van der Waals surface area contributed by atoms with Crippen LogP contribution in [-0.4, -0.2) is 29.2 Å². The first-order chi connectivity index (χ1) is 7.72. The Kier molecular flexibility index (Phi) is 5.23. The number of nitrogens with zero attached hydrogens (tertiary/aromatic N) is 3. The first kappa shape index (κ1) is 12.4. The molecule has 0 spiro atoms. The maximum atomic E-state index is 8.52. The first-order valence-electron chi connectivity index (χ1n) is 5.30. The summed E-state index contributed by atoms with van der Waals surface area (Å²) in [6.45, 7) is 5.72. The summed E-state index contributed by atoms with van der Waals surface area (Å²) in [5.74, 6) is 0.462. The van der Waals surface area contributed by atoms with E-state index in [0.717, 1.165) is 13.0 Å². The third-order valence-electron chi connectivity index (χ3n) is 1.87. The molecule has 0 aromatic carbocycles. The highest BCUT2D eigenvalue weighted by molar-refractivity contribution is 5.18. The zero-order chi connectivity index (χ0) is 11.8. The van der Waals surface area contributed by atoms with Gasteiger partial charge in [-0.3, -0.25) is 0 Å². The molecule has 86 valence electrons. The van der Waals surface area contributed by atoms with Gasteiger partial charge >= 0.3 is 0 Å². The summed E-state index contributed by atoms with van der Waals surface area (Å²) in [5.41, 5.74) is 0.300. The monoisotopic (exact) mass is 220 g/mol. The Morgan fingerprint density at radius 1 is 1.44 bits per heavy atom. The molecule has 0 amide bonds. The Bertz CT molecular complexity index is 342. The topological polar surface area (TPSA) is 70.8 Å². The van der Waals surface area contributed by atoms with Gasteiger partial charge in [0.15, 0.2) is 5.69 Å². The molecule has 0 unspecified atom stereocenters. The number of aromatic nitrogens is 2. The van der Waals surface area contributed by atoms with Gasteiger partial charge in [0, 0.05) is 6.04 Å². The van der Waals surface area contributed by atoms with E-state index in [2.05, 4.69) is 29.1 Å². The molecule has 1 rings (SSSR count). The third-order valence-corrected chi connectivity index (χ3v) is 1.87. The molecule has 0 atom stereocenters. The van der Waals surface area contributed by atoms with Gasteiger partial charge in [0.25, 0.3) is 0 Å². The number of hydrogen-bond donors (Lipinski definition) is 1. The molecule has 5 heteroatoms. The number of nitrogens with one attached hydrogen (secondary N) is 1. The Balaban J connectivity index is 2.20. The Morgan fingerprint density at radius 2 is 2.25 bits per heavy atom. The van der Waals surface area contributed by atoms with Crippen LogP contribution >= 0.6 is 0 Å². The lowest BCUT2D eigenvalue weighted by molar-refractivity contribution is 0.293. The van der Waals surface area contributed by atoms with Crippen LogP contribution in [-0.2, 0) is 0 Å². The number of hydrogen-bond acceptors (Lipinski definition) is 5. The lowest BCUT2D eigenvalue weighted by Gasteiger charge is -2.08. The van der Waals surface area contributed by atoms with Gasteiger partial charge in [0.05, 0.1) is 19.0 Å². The molecule has 0 aliphatic heterocycles. The van der Waals surface area contributed by atoms with Crippen LogP contribution in [0.5, 0.6) is 5.88 Å². The summed E-state index contributed by atoms with van der Waals surface area (Å²) in [5, 5.41) is 11.8. The summed E-state index contributed by atoms with van der Waals surface area (Å²) in [6.07, 6.45) is 3.79. The van der Waals surface area contributed by atoms with Crippen molar-refractivity contribution in [3.63, 3.8) is 0 Å². The normalized spacial score (nSPS) is 10.1. The van der Waals surface area contributed by atoms with Crippen LogP contribution in [0.1, 0.15) is 26.0 Å². The minimum absolute atomic E-state index is 0.300. The predicted molar refractivity (Wildman–Crippen MR) is 60.0 cm³/mol. The fourth-order valence-electron chi connectivity index (χ4n) is 1.09. The van der Waals surface area contributed by atoms with E-state index in [1.165, 1.54) is 12.4 Å². The minimum Gasteiger partial charge on any atom is -0.477 e. The van der Waals surface area contributed by atoms with Gasteiger partial charge in [-0.25, -0.2) is 9.97 Å². The highest BCUT2D eigenvalue weighted by Gasteiger charge is 1.97. The van der Waals surface area contributed by atoms with Gasteiger partial charge in [-0.05, 0) is 13.0 Å². The van der Waals surface area contributed by atoms with Gasteiger partial charge in [0.1, 0.15) is 6.07 Å². The first-order valence-corrected chi connectivity index (χ1v) is 5.30. The maximum Gasteiger partial charge on any atom is 0.232 e. The van der Waals surface area contributed by atoms with E-state index in [0.29, 0.717) is 24.2 Å². The van der Waals surface area contributed by atoms with Crippen molar-refractivity contribution in [2.24, 2.45) is 0 Å². The highest BCUT2D eigenvalue weighted by Crippen LogP contribution is 2.03. The zero-order valence-electron chi connectivity index (χ0n) is 9.60. The summed E-state index contributed by atoms with van der Waals surface area (Å²) >= 11 is 0. The maximum absolute atomic E-state index is 8.52. The molecule has 0 bridgehead atoms. The molecule has 1 aromatic rings. The minimum atomic E-state index is 0.300. The molecule has 0 aliphatic carbocycles. The Hall–Kier alpha value is -1.67. The summed E-state index contributed by atoms with van der Waals surface area (Å²) in [6, 6.07) is 2.40. The molecule has 5 nitrogen and oxygen atoms in total. The van der Waals surface area contributed by atoms with Gasteiger partial charge in [-0.1, -0.05) is 13.8 Å². The fourth-order valence-corrected chi connectivity index (χ4v) is 1.09. The van der Waals surface area contributed by atoms with Crippen molar-refractivity contribution >= 4 is 0 Å². The fraction of sp³-hybridized carbons (Fsp3) is 0.545. The largest absolute Gasteiger partial charge is 0.477 e. The van der Waals surface area contributed by atoms with E-state index >= 15 is 0 Å². The molecule has 0 fully saturated rings. The Labute approximate surface area is 95.5 Å². The SMILES string of the molecule is CC(C)NCCCOc1cnc(C#N)cn1. The lowest BCUT2D eigenvalue weighted by atomic mass is 10.3. The van der Waals surface area contributed by atoms with E-state index in [1.807, 2.05) is 6.07 Å². The number of nitriles is 1. The molecular formula is C11H16N4O. The van der Waals surface area contributed by atoms with E-state index in [1.54, 1.807) is 0 Å². The van der Waals surface area contributed by atoms with Crippen LogP contribution in [0.25, 0.3) is 0 Å². The van der Waals surface area contributed by atoms with Crippen LogP contribution in [0.15, 0.2) is 12.4 Å².